The van der Waals surface area contributed by atoms with Crippen molar-refractivity contribution in [3.8, 4) is 0 Å². The summed E-state index contributed by atoms with van der Waals surface area (Å²) in [5.74, 6) is 0. The second-order valence-corrected chi connectivity index (χ2v) is 6.84. The molecule has 1 atom stereocenters. The first-order chi connectivity index (χ1) is 9.17. The van der Waals surface area contributed by atoms with Crippen molar-refractivity contribution in [2.24, 2.45) is 5.41 Å². The van der Waals surface area contributed by atoms with Crippen LogP contribution in [0.25, 0.3) is 10.9 Å². The Balaban J connectivity index is 1.93. The molecule has 2 aromatic rings. The van der Waals surface area contributed by atoms with Gasteiger partial charge in [-0.15, -0.1) is 0 Å². The van der Waals surface area contributed by atoms with E-state index in [0.29, 0.717) is 11.5 Å². The molecule has 4 rings (SSSR count). The number of para-hydroxylation sites is 1. The van der Waals surface area contributed by atoms with Crippen LogP contribution in [0.1, 0.15) is 44.0 Å². The summed E-state index contributed by atoms with van der Waals surface area (Å²) in [6, 6.07) is 9.37. The van der Waals surface area contributed by atoms with E-state index in [1.54, 1.807) is 5.56 Å². The number of aromatic nitrogens is 1. The second kappa shape index (κ2) is 3.86. The lowest BCUT2D eigenvalue weighted by atomic mass is 9.72. The van der Waals surface area contributed by atoms with Crippen molar-refractivity contribution in [1.82, 2.24) is 9.88 Å². The van der Waals surface area contributed by atoms with Gasteiger partial charge in [0.05, 0.1) is 6.04 Å². The Morgan fingerprint density at radius 3 is 2.95 bits per heavy atom. The quantitative estimate of drug-likeness (QED) is 0.755. The standard InChI is InChI=1S/C17H22N2/c1-17(2)9-5-10-19-11-8-13-12-6-3-4-7-14(12)18-15(13)16(17)19/h3-4,6-7,16,18H,5,8-11H2,1-2H3. The molecule has 0 spiro atoms. The molecule has 1 N–H and O–H groups in total. The molecule has 1 aromatic carbocycles. The number of piperidine rings is 1. The summed E-state index contributed by atoms with van der Waals surface area (Å²) in [5, 5.41) is 1.44. The van der Waals surface area contributed by atoms with E-state index in [1.165, 1.54) is 48.9 Å². The number of fused-ring (bicyclic) bond motifs is 5. The zero-order valence-electron chi connectivity index (χ0n) is 11.9. The highest BCUT2D eigenvalue weighted by Gasteiger charge is 2.42. The third-order valence-electron chi connectivity index (χ3n) is 5.14. The molecule has 0 amide bonds. The van der Waals surface area contributed by atoms with Crippen LogP contribution in [-0.4, -0.2) is 23.0 Å². The van der Waals surface area contributed by atoms with Gasteiger partial charge in [0.2, 0.25) is 0 Å². The molecular formula is C17H22N2. The molecule has 3 heterocycles. The highest BCUT2D eigenvalue weighted by atomic mass is 15.2. The molecule has 1 fully saturated rings. The Labute approximate surface area is 114 Å². The third kappa shape index (κ3) is 1.59. The lowest BCUT2D eigenvalue weighted by molar-refractivity contribution is 0.0269. The van der Waals surface area contributed by atoms with E-state index in [4.69, 9.17) is 0 Å². The topological polar surface area (TPSA) is 19.0 Å². The van der Waals surface area contributed by atoms with E-state index >= 15 is 0 Å². The minimum absolute atomic E-state index is 0.383. The largest absolute Gasteiger partial charge is 0.357 e. The summed E-state index contributed by atoms with van der Waals surface area (Å²) in [6.07, 6.45) is 3.88. The van der Waals surface area contributed by atoms with Gasteiger partial charge in [-0.25, -0.2) is 0 Å². The van der Waals surface area contributed by atoms with Gasteiger partial charge in [-0.1, -0.05) is 32.0 Å². The second-order valence-electron chi connectivity index (χ2n) is 6.84. The molecule has 1 saturated heterocycles. The van der Waals surface area contributed by atoms with Crippen molar-refractivity contribution >= 4 is 10.9 Å². The Hall–Kier alpha value is -1.28. The Morgan fingerprint density at radius 1 is 1.21 bits per heavy atom. The molecule has 2 heteroatoms. The lowest BCUT2D eigenvalue weighted by Crippen LogP contribution is -2.46. The molecule has 0 aliphatic carbocycles. The van der Waals surface area contributed by atoms with Crippen LogP contribution in [0.15, 0.2) is 24.3 Å². The van der Waals surface area contributed by atoms with Crippen LogP contribution in [-0.2, 0) is 6.42 Å². The minimum Gasteiger partial charge on any atom is -0.357 e. The van der Waals surface area contributed by atoms with E-state index in [0.717, 1.165) is 0 Å². The van der Waals surface area contributed by atoms with E-state index in [2.05, 4.69) is 48.0 Å². The predicted octanol–water partition coefficient (Wildman–Crippen LogP) is 3.89. The first-order valence-electron chi connectivity index (χ1n) is 7.50. The Kier molecular flexibility index (Phi) is 2.34. The van der Waals surface area contributed by atoms with E-state index < -0.39 is 0 Å². The Morgan fingerprint density at radius 2 is 2.05 bits per heavy atom. The third-order valence-corrected chi connectivity index (χ3v) is 5.14. The van der Waals surface area contributed by atoms with E-state index in [1.807, 2.05) is 0 Å². The van der Waals surface area contributed by atoms with Gasteiger partial charge >= 0.3 is 0 Å². The monoisotopic (exact) mass is 254 g/mol. The number of hydrogen-bond acceptors (Lipinski definition) is 1. The predicted molar refractivity (Wildman–Crippen MR) is 79.3 cm³/mol. The minimum atomic E-state index is 0.383. The molecule has 2 aliphatic heterocycles. The van der Waals surface area contributed by atoms with Gasteiger partial charge in [0.25, 0.3) is 0 Å². The average Bonchev–Trinajstić information content (AvgIpc) is 2.76. The van der Waals surface area contributed by atoms with Gasteiger partial charge in [0, 0.05) is 23.1 Å². The highest BCUT2D eigenvalue weighted by molar-refractivity contribution is 5.85. The zero-order chi connectivity index (χ0) is 13.0. The van der Waals surface area contributed by atoms with Crippen LogP contribution in [0.3, 0.4) is 0 Å². The SMILES string of the molecule is CC1(C)CCCN2CCc3c([nH]c4ccccc34)C21. The Bertz CT molecular complexity index is 623. The van der Waals surface area contributed by atoms with Gasteiger partial charge in [0.1, 0.15) is 0 Å². The van der Waals surface area contributed by atoms with Crippen molar-refractivity contribution in [3.63, 3.8) is 0 Å². The highest BCUT2D eigenvalue weighted by Crippen LogP contribution is 2.48. The maximum Gasteiger partial charge on any atom is 0.0553 e. The number of H-pyrrole nitrogens is 1. The number of benzene rings is 1. The van der Waals surface area contributed by atoms with Crippen LogP contribution in [0.2, 0.25) is 0 Å². The number of hydrogen-bond donors (Lipinski definition) is 1. The van der Waals surface area contributed by atoms with Gasteiger partial charge in [-0.3, -0.25) is 4.90 Å². The number of rotatable bonds is 0. The van der Waals surface area contributed by atoms with Crippen molar-refractivity contribution in [3.05, 3.63) is 35.5 Å². The maximum atomic E-state index is 3.73. The summed E-state index contributed by atoms with van der Waals surface area (Å²) >= 11 is 0. The van der Waals surface area contributed by atoms with Crippen molar-refractivity contribution in [2.75, 3.05) is 13.1 Å². The normalized spacial score (nSPS) is 26.1. The van der Waals surface area contributed by atoms with Crippen LogP contribution in [0.4, 0.5) is 0 Å². The number of aromatic amines is 1. The summed E-state index contributed by atoms with van der Waals surface area (Å²) in [6.45, 7) is 7.36. The summed E-state index contributed by atoms with van der Waals surface area (Å²) in [7, 11) is 0. The molecule has 19 heavy (non-hydrogen) atoms. The van der Waals surface area contributed by atoms with Crippen LogP contribution in [0.5, 0.6) is 0 Å². The molecule has 0 bridgehead atoms. The average molecular weight is 254 g/mol. The summed E-state index contributed by atoms with van der Waals surface area (Å²) < 4.78 is 0. The van der Waals surface area contributed by atoms with Crippen molar-refractivity contribution < 1.29 is 0 Å². The molecule has 2 aliphatic rings. The summed E-state index contributed by atoms with van der Waals surface area (Å²) in [4.78, 5) is 6.42. The van der Waals surface area contributed by atoms with E-state index in [9.17, 15) is 0 Å². The van der Waals surface area contributed by atoms with Crippen molar-refractivity contribution in [1.29, 1.82) is 0 Å². The molecular weight excluding hydrogens is 232 g/mol. The number of nitrogens with zero attached hydrogens (tertiary/aromatic N) is 1. The lowest BCUT2D eigenvalue weighted by Gasteiger charge is -2.48. The molecule has 1 aromatic heterocycles. The van der Waals surface area contributed by atoms with E-state index in [-0.39, 0.29) is 0 Å². The fourth-order valence-corrected chi connectivity index (χ4v) is 4.29. The molecule has 100 valence electrons. The fourth-order valence-electron chi connectivity index (χ4n) is 4.29. The summed E-state index contributed by atoms with van der Waals surface area (Å²) in [5.41, 5.74) is 4.77. The molecule has 0 saturated carbocycles. The van der Waals surface area contributed by atoms with Crippen LogP contribution < -0.4 is 0 Å². The smallest absolute Gasteiger partial charge is 0.0553 e. The molecule has 0 radical (unpaired) electrons. The first kappa shape index (κ1) is 11.5. The van der Waals surface area contributed by atoms with Gasteiger partial charge in [0.15, 0.2) is 0 Å². The van der Waals surface area contributed by atoms with Gasteiger partial charge in [-0.05, 0) is 42.9 Å². The zero-order valence-corrected chi connectivity index (χ0v) is 11.9. The van der Waals surface area contributed by atoms with Crippen LogP contribution >= 0.6 is 0 Å². The van der Waals surface area contributed by atoms with Gasteiger partial charge in [-0.2, -0.15) is 0 Å². The van der Waals surface area contributed by atoms with Gasteiger partial charge < -0.3 is 4.98 Å². The van der Waals surface area contributed by atoms with Crippen molar-refractivity contribution in [2.45, 2.75) is 39.2 Å². The molecule has 1 unspecified atom stereocenters. The maximum absolute atomic E-state index is 3.73. The fraction of sp³-hybridized carbons (Fsp3) is 0.529. The molecule has 2 nitrogen and oxygen atoms in total. The first-order valence-corrected chi connectivity index (χ1v) is 7.50. The number of nitrogens with one attached hydrogen (secondary N) is 1. The van der Waals surface area contributed by atoms with Crippen LogP contribution in [0, 0.1) is 5.41 Å².